The number of aliphatic carboxylic acids is 1. The van der Waals surface area contributed by atoms with E-state index in [1.807, 2.05) is 60.7 Å². The summed E-state index contributed by atoms with van der Waals surface area (Å²) in [5, 5.41) is 10.4. The second-order valence-corrected chi connectivity index (χ2v) is 7.30. The van der Waals surface area contributed by atoms with Gasteiger partial charge in [-0.3, -0.25) is 14.5 Å². The molecule has 30 heavy (non-hydrogen) atoms. The van der Waals surface area contributed by atoms with Crippen molar-refractivity contribution in [1.82, 2.24) is 4.90 Å². The molecule has 0 bridgehead atoms. The Kier molecular flexibility index (Phi) is 7.60. The third-order valence-corrected chi connectivity index (χ3v) is 4.84. The number of carbonyl (C=O) groups excluding carboxylic acids is 1. The zero-order valence-electron chi connectivity index (χ0n) is 16.3. The van der Waals surface area contributed by atoms with E-state index in [4.69, 9.17) is 16.3 Å². The molecule has 0 fully saturated rings. The zero-order chi connectivity index (χ0) is 21.3. The maximum absolute atomic E-state index is 12.5. The van der Waals surface area contributed by atoms with Crippen LogP contribution in [0.4, 0.5) is 0 Å². The molecule has 3 rings (SSSR count). The van der Waals surface area contributed by atoms with Crippen molar-refractivity contribution in [3.05, 3.63) is 101 Å². The number of hydrogen-bond acceptors (Lipinski definition) is 4. The molecule has 0 saturated heterocycles. The summed E-state index contributed by atoms with van der Waals surface area (Å²) in [6, 6.07) is 24.5. The molecule has 1 atom stereocenters. The number of ether oxygens (including phenoxy) is 1. The van der Waals surface area contributed by atoms with Gasteiger partial charge in [0, 0.05) is 18.1 Å². The van der Waals surface area contributed by atoms with Gasteiger partial charge in [-0.15, -0.1) is 0 Å². The molecule has 0 amide bonds. The van der Waals surface area contributed by atoms with Crippen molar-refractivity contribution in [1.29, 1.82) is 0 Å². The summed E-state index contributed by atoms with van der Waals surface area (Å²) in [7, 11) is 0. The summed E-state index contributed by atoms with van der Waals surface area (Å²) >= 11 is 5.84. The number of benzene rings is 3. The highest BCUT2D eigenvalue weighted by atomic mass is 35.5. The van der Waals surface area contributed by atoms with Crippen molar-refractivity contribution >= 4 is 23.5 Å². The number of carboxylic acid groups (broad SMARTS) is 1. The Morgan fingerprint density at radius 2 is 1.33 bits per heavy atom. The molecule has 0 aliphatic heterocycles. The molecule has 0 aromatic heterocycles. The first kappa shape index (κ1) is 21.6. The molecule has 3 aromatic rings. The lowest BCUT2D eigenvalue weighted by molar-refractivity contribution is -0.149. The molecule has 1 N–H and O–H groups in total. The van der Waals surface area contributed by atoms with Crippen LogP contribution in [0, 0.1) is 0 Å². The lowest BCUT2D eigenvalue weighted by Crippen LogP contribution is -2.42. The van der Waals surface area contributed by atoms with Gasteiger partial charge in [0.05, 0.1) is 6.42 Å². The molecule has 3 aromatic carbocycles. The fraction of sp³-hybridized carbons (Fsp3) is 0.167. The Labute approximate surface area is 180 Å². The van der Waals surface area contributed by atoms with E-state index in [-0.39, 0.29) is 6.42 Å². The third-order valence-electron chi connectivity index (χ3n) is 4.59. The molecule has 154 valence electrons. The highest BCUT2D eigenvalue weighted by molar-refractivity contribution is 6.30. The van der Waals surface area contributed by atoms with Crippen molar-refractivity contribution in [2.75, 3.05) is 0 Å². The number of esters is 1. The fourth-order valence-corrected chi connectivity index (χ4v) is 3.24. The topological polar surface area (TPSA) is 66.8 Å². The Morgan fingerprint density at radius 3 is 1.80 bits per heavy atom. The minimum Gasteiger partial charge on any atom is -0.480 e. The predicted molar refractivity (Wildman–Crippen MR) is 115 cm³/mol. The quantitative estimate of drug-likeness (QED) is 0.396. The fourth-order valence-electron chi connectivity index (χ4n) is 3.12. The van der Waals surface area contributed by atoms with Crippen LogP contribution in [-0.4, -0.2) is 28.0 Å². The molecule has 0 aliphatic rings. The van der Waals surface area contributed by atoms with Gasteiger partial charge in [-0.25, -0.2) is 0 Å². The monoisotopic (exact) mass is 423 g/mol. The average Bonchev–Trinajstić information content (AvgIpc) is 2.74. The van der Waals surface area contributed by atoms with Gasteiger partial charge in [0.25, 0.3) is 0 Å². The van der Waals surface area contributed by atoms with Gasteiger partial charge in [0.1, 0.15) is 11.8 Å². The minimum atomic E-state index is -1.07. The van der Waals surface area contributed by atoms with Gasteiger partial charge in [0.2, 0.25) is 0 Å². The van der Waals surface area contributed by atoms with Crippen molar-refractivity contribution in [2.24, 2.45) is 0 Å². The zero-order valence-corrected chi connectivity index (χ0v) is 17.0. The maximum atomic E-state index is 12.5. The summed E-state index contributed by atoms with van der Waals surface area (Å²) < 4.78 is 5.31. The Balaban J connectivity index is 1.78. The summed E-state index contributed by atoms with van der Waals surface area (Å²) in [5.74, 6) is -1.36. The smallest absolute Gasteiger partial charge is 0.321 e. The van der Waals surface area contributed by atoms with Gasteiger partial charge in [0.15, 0.2) is 0 Å². The molecule has 0 aliphatic carbocycles. The van der Waals surface area contributed by atoms with E-state index in [0.29, 0.717) is 23.9 Å². The van der Waals surface area contributed by atoms with E-state index in [1.165, 1.54) is 0 Å². The number of hydrogen-bond donors (Lipinski definition) is 1. The standard InChI is InChI=1S/C24H22ClNO4/c25-20-11-13-21(14-12-20)30-23(27)15-22(24(28)29)26(16-18-7-3-1-4-8-18)17-19-9-5-2-6-10-19/h1-14,22H,15-17H2,(H,28,29). The van der Waals surface area contributed by atoms with E-state index in [2.05, 4.69) is 0 Å². The largest absolute Gasteiger partial charge is 0.480 e. The van der Waals surface area contributed by atoms with Crippen LogP contribution in [0.25, 0.3) is 0 Å². The predicted octanol–water partition coefficient (Wildman–Crippen LogP) is 4.79. The molecule has 0 radical (unpaired) electrons. The SMILES string of the molecule is O=C(CC(C(=O)O)N(Cc1ccccc1)Cc1ccccc1)Oc1ccc(Cl)cc1. The molecule has 0 saturated carbocycles. The second kappa shape index (κ2) is 10.6. The van der Waals surface area contributed by atoms with Crippen LogP contribution in [0.5, 0.6) is 5.75 Å². The van der Waals surface area contributed by atoms with Gasteiger partial charge >= 0.3 is 11.9 Å². The van der Waals surface area contributed by atoms with Crippen molar-refractivity contribution in [3.8, 4) is 5.75 Å². The molecule has 0 spiro atoms. The van der Waals surface area contributed by atoms with Crippen molar-refractivity contribution in [2.45, 2.75) is 25.6 Å². The summed E-state index contributed by atoms with van der Waals surface area (Å²) in [6.45, 7) is 0.780. The molecule has 1 unspecified atom stereocenters. The lowest BCUT2D eigenvalue weighted by atomic mass is 10.1. The Hall–Kier alpha value is -3.15. The number of carbonyl (C=O) groups is 2. The average molecular weight is 424 g/mol. The number of nitrogens with zero attached hydrogens (tertiary/aromatic N) is 1. The molecule has 6 heteroatoms. The summed E-state index contributed by atoms with van der Waals surface area (Å²) in [6.07, 6.45) is -0.280. The first-order valence-corrected chi connectivity index (χ1v) is 9.90. The third kappa shape index (κ3) is 6.44. The van der Waals surface area contributed by atoms with E-state index in [1.54, 1.807) is 29.2 Å². The van der Waals surface area contributed by atoms with Crippen LogP contribution >= 0.6 is 11.6 Å². The maximum Gasteiger partial charge on any atom is 0.321 e. The Morgan fingerprint density at radius 1 is 0.833 bits per heavy atom. The summed E-state index contributed by atoms with van der Waals surface area (Å²) in [5.41, 5.74) is 1.93. The van der Waals surface area contributed by atoms with Crippen LogP contribution in [0.1, 0.15) is 17.5 Å². The first-order chi connectivity index (χ1) is 14.5. The number of rotatable bonds is 9. The van der Waals surface area contributed by atoms with E-state index >= 15 is 0 Å². The van der Waals surface area contributed by atoms with E-state index < -0.39 is 18.0 Å². The van der Waals surface area contributed by atoms with E-state index in [0.717, 1.165) is 11.1 Å². The highest BCUT2D eigenvalue weighted by Gasteiger charge is 2.29. The summed E-state index contributed by atoms with van der Waals surface area (Å²) in [4.78, 5) is 26.3. The van der Waals surface area contributed by atoms with Crippen LogP contribution in [0.15, 0.2) is 84.9 Å². The number of halogens is 1. The Bertz CT molecular complexity index is 920. The van der Waals surface area contributed by atoms with Crippen LogP contribution in [-0.2, 0) is 22.7 Å². The van der Waals surface area contributed by atoms with Gasteiger partial charge in [-0.1, -0.05) is 72.3 Å². The van der Waals surface area contributed by atoms with Crippen LogP contribution in [0.2, 0.25) is 5.02 Å². The second-order valence-electron chi connectivity index (χ2n) is 6.86. The lowest BCUT2D eigenvalue weighted by Gasteiger charge is -2.28. The normalized spacial score (nSPS) is 11.8. The van der Waals surface area contributed by atoms with Crippen LogP contribution in [0.3, 0.4) is 0 Å². The number of carboxylic acids is 1. The molecule has 0 heterocycles. The highest BCUT2D eigenvalue weighted by Crippen LogP contribution is 2.19. The first-order valence-electron chi connectivity index (χ1n) is 9.52. The van der Waals surface area contributed by atoms with Gasteiger partial charge < -0.3 is 9.84 Å². The van der Waals surface area contributed by atoms with E-state index in [9.17, 15) is 14.7 Å². The molecule has 5 nitrogen and oxygen atoms in total. The van der Waals surface area contributed by atoms with Crippen molar-refractivity contribution < 1.29 is 19.4 Å². The van der Waals surface area contributed by atoms with Crippen molar-refractivity contribution in [3.63, 3.8) is 0 Å². The minimum absolute atomic E-state index is 0.280. The van der Waals surface area contributed by atoms with Gasteiger partial charge in [-0.2, -0.15) is 0 Å². The van der Waals surface area contributed by atoms with Gasteiger partial charge in [-0.05, 0) is 35.4 Å². The molecular formula is C24H22ClNO4. The molecular weight excluding hydrogens is 402 g/mol. The van der Waals surface area contributed by atoms with Crippen LogP contribution < -0.4 is 4.74 Å².